The maximum Gasteiger partial charge on any atom is 0.137 e. The van der Waals surface area contributed by atoms with Crippen LogP contribution in [0.2, 0.25) is 0 Å². The van der Waals surface area contributed by atoms with E-state index < -0.39 is 0 Å². The van der Waals surface area contributed by atoms with E-state index in [1.54, 1.807) is 16.9 Å². The van der Waals surface area contributed by atoms with Crippen molar-refractivity contribution >= 4 is 31.9 Å². The van der Waals surface area contributed by atoms with Crippen molar-refractivity contribution in [1.29, 1.82) is 0 Å². The number of hydrogen-bond donors (Lipinski definition) is 1. The molecule has 0 saturated carbocycles. The van der Waals surface area contributed by atoms with Crippen molar-refractivity contribution in [2.24, 2.45) is 7.05 Å². The molecule has 0 aliphatic heterocycles. The lowest BCUT2D eigenvalue weighted by molar-refractivity contribution is 0.543. The predicted octanol–water partition coefficient (Wildman–Crippen LogP) is 4.17. The molecule has 20 heavy (non-hydrogen) atoms. The quantitative estimate of drug-likeness (QED) is 0.810. The summed E-state index contributed by atoms with van der Waals surface area (Å²) in [5.74, 6) is -0.260. The van der Waals surface area contributed by atoms with Gasteiger partial charge in [-0.1, -0.05) is 19.1 Å². The molecule has 0 spiro atoms. The van der Waals surface area contributed by atoms with Crippen LogP contribution in [0.1, 0.15) is 30.6 Å². The minimum atomic E-state index is -0.260. The van der Waals surface area contributed by atoms with Crippen LogP contribution in [0, 0.1) is 5.82 Å². The maximum absolute atomic E-state index is 13.8. The smallest absolute Gasteiger partial charge is 0.137 e. The Bertz CT molecular complexity index is 579. The van der Waals surface area contributed by atoms with Gasteiger partial charge in [-0.3, -0.25) is 4.68 Å². The average molecular weight is 405 g/mol. The Labute approximate surface area is 134 Å². The van der Waals surface area contributed by atoms with E-state index in [4.69, 9.17) is 0 Å². The summed E-state index contributed by atoms with van der Waals surface area (Å²) in [5.41, 5.74) is 1.84. The first-order chi connectivity index (χ1) is 9.56. The van der Waals surface area contributed by atoms with Crippen molar-refractivity contribution < 1.29 is 4.39 Å². The van der Waals surface area contributed by atoms with Gasteiger partial charge in [-0.25, -0.2) is 4.39 Å². The summed E-state index contributed by atoms with van der Waals surface area (Å²) in [4.78, 5) is 0. The number of nitrogens with zero attached hydrogens (tertiary/aromatic N) is 2. The largest absolute Gasteiger partial charge is 0.305 e. The van der Waals surface area contributed by atoms with Crippen LogP contribution in [-0.2, 0) is 7.05 Å². The zero-order valence-corrected chi connectivity index (χ0v) is 14.5. The fourth-order valence-electron chi connectivity index (χ4n) is 2.13. The standard InChI is InChI=1S/C14H16Br2FN3/c1-3-7-18-13(14-10(15)8-19-20(14)2)9-5-4-6-11(17)12(9)16/h4-6,8,13,18H,3,7H2,1-2H3. The lowest BCUT2D eigenvalue weighted by Gasteiger charge is -2.21. The Hall–Kier alpha value is -0.720. The molecule has 2 rings (SSSR count). The molecule has 1 atom stereocenters. The van der Waals surface area contributed by atoms with Crippen LogP contribution in [0.3, 0.4) is 0 Å². The summed E-state index contributed by atoms with van der Waals surface area (Å²) in [6.07, 6.45) is 2.75. The van der Waals surface area contributed by atoms with E-state index in [9.17, 15) is 4.39 Å². The summed E-state index contributed by atoms with van der Waals surface area (Å²) in [6, 6.07) is 4.96. The van der Waals surface area contributed by atoms with E-state index in [1.165, 1.54) is 6.07 Å². The Balaban J connectivity index is 2.50. The molecule has 0 saturated heterocycles. The molecule has 0 aliphatic rings. The molecule has 0 amide bonds. The number of aryl methyl sites for hydroxylation is 1. The van der Waals surface area contributed by atoms with E-state index >= 15 is 0 Å². The van der Waals surface area contributed by atoms with Crippen LogP contribution < -0.4 is 5.32 Å². The zero-order chi connectivity index (χ0) is 14.7. The number of halogens is 3. The average Bonchev–Trinajstić information content (AvgIpc) is 2.75. The van der Waals surface area contributed by atoms with Gasteiger partial charge in [0, 0.05) is 7.05 Å². The number of aromatic nitrogens is 2. The van der Waals surface area contributed by atoms with E-state index in [0.717, 1.165) is 28.7 Å². The molecule has 0 bridgehead atoms. The van der Waals surface area contributed by atoms with Crippen molar-refractivity contribution in [2.45, 2.75) is 19.4 Å². The fourth-order valence-corrected chi connectivity index (χ4v) is 3.20. The van der Waals surface area contributed by atoms with Crippen molar-refractivity contribution in [3.63, 3.8) is 0 Å². The summed E-state index contributed by atoms with van der Waals surface area (Å²) in [7, 11) is 1.88. The van der Waals surface area contributed by atoms with Gasteiger partial charge >= 0.3 is 0 Å². The lowest BCUT2D eigenvalue weighted by atomic mass is 10.0. The van der Waals surface area contributed by atoms with Gasteiger partial charge in [-0.05, 0) is 56.5 Å². The number of rotatable bonds is 5. The molecule has 0 aliphatic carbocycles. The fraction of sp³-hybridized carbons (Fsp3) is 0.357. The van der Waals surface area contributed by atoms with Crippen molar-refractivity contribution in [1.82, 2.24) is 15.1 Å². The van der Waals surface area contributed by atoms with Gasteiger partial charge in [-0.2, -0.15) is 5.10 Å². The van der Waals surface area contributed by atoms with Gasteiger partial charge in [0.05, 0.1) is 26.9 Å². The van der Waals surface area contributed by atoms with Crippen LogP contribution in [0.25, 0.3) is 0 Å². The van der Waals surface area contributed by atoms with Gasteiger partial charge in [0.1, 0.15) is 5.82 Å². The highest BCUT2D eigenvalue weighted by Crippen LogP contribution is 2.33. The van der Waals surface area contributed by atoms with E-state index in [0.29, 0.717) is 4.47 Å². The first-order valence-electron chi connectivity index (χ1n) is 6.41. The molecule has 1 heterocycles. The lowest BCUT2D eigenvalue weighted by Crippen LogP contribution is -2.26. The first kappa shape index (κ1) is 15.7. The van der Waals surface area contributed by atoms with Crippen molar-refractivity contribution in [2.75, 3.05) is 6.54 Å². The van der Waals surface area contributed by atoms with E-state index in [1.807, 2.05) is 13.1 Å². The predicted molar refractivity (Wildman–Crippen MR) is 85.1 cm³/mol. The Morgan fingerprint density at radius 1 is 1.40 bits per heavy atom. The third kappa shape index (κ3) is 3.13. The SMILES string of the molecule is CCCNC(c1cccc(F)c1Br)c1c(Br)cnn1C. The van der Waals surface area contributed by atoms with Crippen molar-refractivity contribution in [3.05, 3.63) is 50.4 Å². The third-order valence-corrected chi connectivity index (χ3v) is 4.55. The van der Waals surface area contributed by atoms with Gasteiger partial charge in [0.2, 0.25) is 0 Å². The van der Waals surface area contributed by atoms with E-state index in [2.05, 4.69) is 49.2 Å². The van der Waals surface area contributed by atoms with Gasteiger partial charge < -0.3 is 5.32 Å². The Morgan fingerprint density at radius 3 is 2.75 bits per heavy atom. The minimum absolute atomic E-state index is 0.123. The molecule has 2 aromatic rings. The van der Waals surface area contributed by atoms with Crippen LogP contribution in [0.4, 0.5) is 4.39 Å². The molecule has 108 valence electrons. The summed E-state index contributed by atoms with van der Waals surface area (Å²) in [5, 5.41) is 7.69. The second-order valence-electron chi connectivity index (χ2n) is 4.53. The number of nitrogens with one attached hydrogen (secondary N) is 1. The van der Waals surface area contributed by atoms with Crippen LogP contribution >= 0.6 is 31.9 Å². The van der Waals surface area contributed by atoms with Crippen LogP contribution in [0.5, 0.6) is 0 Å². The Kier molecular flexibility index (Phi) is 5.35. The Morgan fingerprint density at radius 2 is 2.15 bits per heavy atom. The van der Waals surface area contributed by atoms with Crippen molar-refractivity contribution in [3.8, 4) is 0 Å². The van der Waals surface area contributed by atoms with Crippen LogP contribution in [-0.4, -0.2) is 16.3 Å². The molecule has 1 unspecified atom stereocenters. The molecule has 1 aromatic carbocycles. The van der Waals surface area contributed by atoms with Gasteiger partial charge in [0.15, 0.2) is 0 Å². The summed E-state index contributed by atoms with van der Waals surface area (Å²) in [6.45, 7) is 2.94. The number of hydrogen-bond acceptors (Lipinski definition) is 2. The third-order valence-electron chi connectivity index (χ3n) is 3.10. The normalized spacial score (nSPS) is 12.7. The second kappa shape index (κ2) is 6.83. The summed E-state index contributed by atoms with van der Waals surface area (Å²) >= 11 is 6.87. The molecule has 6 heteroatoms. The number of benzene rings is 1. The monoisotopic (exact) mass is 403 g/mol. The molecule has 0 fully saturated rings. The molecule has 0 radical (unpaired) electrons. The highest BCUT2D eigenvalue weighted by Gasteiger charge is 2.23. The van der Waals surface area contributed by atoms with Gasteiger partial charge in [-0.15, -0.1) is 0 Å². The van der Waals surface area contributed by atoms with Gasteiger partial charge in [0.25, 0.3) is 0 Å². The molecule has 3 nitrogen and oxygen atoms in total. The molecular formula is C14H16Br2FN3. The molecular weight excluding hydrogens is 389 g/mol. The second-order valence-corrected chi connectivity index (χ2v) is 6.18. The zero-order valence-electron chi connectivity index (χ0n) is 11.3. The highest BCUT2D eigenvalue weighted by atomic mass is 79.9. The molecule has 1 aromatic heterocycles. The summed E-state index contributed by atoms with van der Waals surface area (Å²) < 4.78 is 17.0. The van der Waals surface area contributed by atoms with Crippen LogP contribution in [0.15, 0.2) is 33.3 Å². The highest BCUT2D eigenvalue weighted by molar-refractivity contribution is 9.10. The van der Waals surface area contributed by atoms with E-state index in [-0.39, 0.29) is 11.9 Å². The molecule has 1 N–H and O–H groups in total. The minimum Gasteiger partial charge on any atom is -0.305 e. The first-order valence-corrected chi connectivity index (χ1v) is 7.99. The topological polar surface area (TPSA) is 29.9 Å². The maximum atomic E-state index is 13.8.